The van der Waals surface area contributed by atoms with Gasteiger partial charge in [-0.2, -0.15) is 0 Å². The van der Waals surface area contributed by atoms with Crippen molar-refractivity contribution in [2.45, 2.75) is 103 Å². The lowest BCUT2D eigenvalue weighted by Crippen LogP contribution is -2.44. The molecule has 5 heterocycles. The molecule has 0 radical (unpaired) electrons. The maximum atomic E-state index is 15.4. The number of halogens is 1. The lowest BCUT2D eigenvalue weighted by atomic mass is 9.81. The van der Waals surface area contributed by atoms with Gasteiger partial charge in [0.25, 0.3) is 5.56 Å². The number of fused-ring (bicyclic) bond motifs is 5. The number of nitrogens with zero attached hydrogens (tertiary/aromatic N) is 3. The molecule has 522 valence electrons. The molecule has 0 bridgehead atoms. The van der Waals surface area contributed by atoms with Crippen molar-refractivity contribution in [2.24, 2.45) is 11.3 Å². The van der Waals surface area contributed by atoms with E-state index in [0.717, 1.165) is 21.4 Å². The van der Waals surface area contributed by atoms with Crippen LogP contribution in [-0.2, 0) is 116 Å². The summed E-state index contributed by atoms with van der Waals surface area (Å²) in [6, 6.07) is 2.45. The number of likely N-dealkylation sites (tertiary alicyclic amines) is 1. The molecular weight excluding hydrogens is 1250 g/mol. The van der Waals surface area contributed by atoms with E-state index in [9.17, 15) is 53.1 Å². The Bertz CT molecular complexity index is 3310. The number of benzene rings is 1. The molecule has 31 heteroatoms. The predicted molar refractivity (Wildman–Crippen MR) is 332 cm³/mol. The number of aliphatic hydroxyl groups is 1. The van der Waals surface area contributed by atoms with Gasteiger partial charge < -0.3 is 88.9 Å². The van der Waals surface area contributed by atoms with Crippen molar-refractivity contribution in [1.82, 2.24) is 46.4 Å². The number of ether oxygens (including phenoxy) is 10. The van der Waals surface area contributed by atoms with Crippen molar-refractivity contribution < 1.29 is 100 Å². The first-order valence-corrected chi connectivity index (χ1v) is 32.3. The monoisotopic (exact) mass is 1340 g/mol. The van der Waals surface area contributed by atoms with E-state index < -0.39 is 71.1 Å². The molecule has 3 aliphatic heterocycles. The Morgan fingerprint density at radius 2 is 1.22 bits per heavy atom. The highest BCUT2D eigenvalue weighted by molar-refractivity contribution is 6.03. The van der Waals surface area contributed by atoms with Crippen LogP contribution in [0.2, 0.25) is 0 Å². The summed E-state index contributed by atoms with van der Waals surface area (Å²) in [5.74, 6) is -4.83. The summed E-state index contributed by atoms with van der Waals surface area (Å²) in [6.45, 7) is 9.50. The number of pyridine rings is 2. The Labute approximate surface area is 548 Å². The summed E-state index contributed by atoms with van der Waals surface area (Å²) < 4.78 is 71.6. The zero-order valence-electron chi connectivity index (χ0n) is 54.2. The summed E-state index contributed by atoms with van der Waals surface area (Å²) >= 11 is 0. The average Bonchev–Trinajstić information content (AvgIpc) is 1.62. The second kappa shape index (κ2) is 36.0. The summed E-state index contributed by atoms with van der Waals surface area (Å²) in [4.78, 5) is 132. The van der Waals surface area contributed by atoms with Gasteiger partial charge in [0, 0.05) is 72.7 Å². The molecule has 30 nitrogen and oxygen atoms in total. The van der Waals surface area contributed by atoms with E-state index in [2.05, 4.69) is 31.9 Å². The number of hydrogen-bond acceptors (Lipinski definition) is 22. The zero-order valence-corrected chi connectivity index (χ0v) is 54.2. The molecule has 8 rings (SSSR count). The third-order valence-corrected chi connectivity index (χ3v) is 17.0. The largest absolute Gasteiger partial charge is 0.458 e. The third kappa shape index (κ3) is 20.5. The summed E-state index contributed by atoms with van der Waals surface area (Å²) in [5.41, 5.74) is 1.22. The van der Waals surface area contributed by atoms with Gasteiger partial charge in [0.2, 0.25) is 47.3 Å². The van der Waals surface area contributed by atoms with Crippen LogP contribution in [-0.4, -0.2) is 225 Å². The maximum Gasteiger partial charge on any atom is 0.343 e. The fourth-order valence-corrected chi connectivity index (χ4v) is 11.5. The zero-order chi connectivity index (χ0) is 67.9. The molecule has 95 heavy (non-hydrogen) atoms. The topological polar surface area (TPSA) is 376 Å². The van der Waals surface area contributed by atoms with Crippen LogP contribution in [0, 0.1) is 24.1 Å². The number of rotatable bonds is 44. The van der Waals surface area contributed by atoms with Crippen molar-refractivity contribution in [3.05, 3.63) is 61.7 Å². The second-order valence-corrected chi connectivity index (χ2v) is 23.8. The highest BCUT2D eigenvalue weighted by atomic mass is 19.1. The van der Waals surface area contributed by atoms with Crippen molar-refractivity contribution in [2.75, 3.05) is 152 Å². The smallest absolute Gasteiger partial charge is 0.343 e. The van der Waals surface area contributed by atoms with E-state index in [1.807, 2.05) is 0 Å². The standard InChI is InChI=1S/C64H88FN9O21/c1-4-64(85)45-30-49-59-43(36-74(49)61(83)44(45)37-95-62(64)84)58-47(6-5-42-41(3)46(65)31-48(72-59)57(42)58)71-52(77)32-63(9-10-63)38-94-39-70-55(80)35-69-54(79)34-68-53(78)33-67-51(76)8-13-86-15-17-88-19-21-90-23-25-92-27-28-93-26-24-91-22-20-89-18-16-87-14-11-66-50(75)7-12-73-56(81)29-40(2)60(73)82/h30-31,40,47,85H,4-29,32-39H2,1-3H3,(H,66,75)(H,67,76)(H,68,78)(H,69,79)(H,70,80)(H,71,77)/t40?,47-,64-/m0/s1. The average molecular weight is 1340 g/mol. The summed E-state index contributed by atoms with van der Waals surface area (Å²) in [5, 5.41) is 27.8. The fraction of sp³-hybridized carbons (Fsp3) is 0.641. The van der Waals surface area contributed by atoms with Gasteiger partial charge in [0.1, 0.15) is 19.2 Å². The van der Waals surface area contributed by atoms with Gasteiger partial charge in [-0.1, -0.05) is 13.8 Å². The number of nitrogens with one attached hydrogen (secondary N) is 6. The Hall–Kier alpha value is -7.46. The molecule has 5 aliphatic rings. The highest BCUT2D eigenvalue weighted by Crippen LogP contribution is 2.50. The van der Waals surface area contributed by atoms with Crippen molar-refractivity contribution in [1.29, 1.82) is 0 Å². The van der Waals surface area contributed by atoms with Gasteiger partial charge in [0.05, 0.1) is 167 Å². The van der Waals surface area contributed by atoms with E-state index in [0.29, 0.717) is 146 Å². The third-order valence-electron chi connectivity index (χ3n) is 17.0. The number of esters is 1. The first kappa shape index (κ1) is 73.4. The summed E-state index contributed by atoms with van der Waals surface area (Å²) in [7, 11) is 0. The van der Waals surface area contributed by atoms with E-state index in [-0.39, 0.29) is 132 Å². The van der Waals surface area contributed by atoms with Crippen LogP contribution < -0.4 is 37.5 Å². The van der Waals surface area contributed by atoms with Crippen molar-refractivity contribution in [3.8, 4) is 11.4 Å². The van der Waals surface area contributed by atoms with E-state index >= 15 is 4.39 Å². The molecule has 0 spiro atoms. The first-order chi connectivity index (χ1) is 45.8. The molecule has 8 amide bonds. The van der Waals surface area contributed by atoms with E-state index in [1.165, 1.54) is 10.6 Å². The molecule has 1 saturated carbocycles. The summed E-state index contributed by atoms with van der Waals surface area (Å²) in [6.07, 6.45) is 2.67. The first-order valence-electron chi connectivity index (χ1n) is 32.3. The lowest BCUT2D eigenvalue weighted by Gasteiger charge is -2.31. The minimum absolute atomic E-state index is 0.00919. The highest BCUT2D eigenvalue weighted by Gasteiger charge is 2.47. The Morgan fingerprint density at radius 1 is 0.674 bits per heavy atom. The fourth-order valence-electron chi connectivity index (χ4n) is 11.5. The minimum atomic E-state index is -2.03. The Kier molecular flexibility index (Phi) is 27.8. The van der Waals surface area contributed by atoms with Gasteiger partial charge in [-0.05, 0) is 61.8 Å². The number of aryl methyl sites for hydroxylation is 1. The quantitative estimate of drug-likeness (QED) is 0.0129. The van der Waals surface area contributed by atoms with E-state index in [1.54, 1.807) is 26.8 Å². The molecule has 2 aromatic heterocycles. The number of aromatic nitrogens is 2. The van der Waals surface area contributed by atoms with Crippen LogP contribution in [0.3, 0.4) is 0 Å². The molecule has 3 aromatic rings. The van der Waals surface area contributed by atoms with Gasteiger partial charge in [-0.15, -0.1) is 0 Å². The van der Waals surface area contributed by atoms with Crippen LogP contribution in [0.15, 0.2) is 16.9 Å². The number of amides is 8. The molecule has 2 aliphatic carbocycles. The maximum absolute atomic E-state index is 15.4. The van der Waals surface area contributed by atoms with Crippen LogP contribution in [0.5, 0.6) is 0 Å². The molecule has 7 N–H and O–H groups in total. The normalized spacial score (nSPS) is 18.0. The SMILES string of the molecule is CC[C@@]1(O)C(=O)OCc2c1cc1n(c2=O)Cc2c-1nc1cc(F)c(C)c3c1c2[C@@H](NC(=O)CC1(COCNC(=O)CNC(=O)CNC(=O)CNC(=O)CCOCCOCCOCCOCCOCCOCCOCCOCCNC(=O)CCN2C(=O)CC(C)C2=O)CC1)CC3. The Balaban J connectivity index is 0.572. The van der Waals surface area contributed by atoms with Gasteiger partial charge in [-0.25, -0.2) is 14.2 Å². The van der Waals surface area contributed by atoms with Gasteiger partial charge >= 0.3 is 5.97 Å². The molecule has 1 aromatic carbocycles. The molecule has 1 unspecified atom stereocenters. The van der Waals surface area contributed by atoms with Crippen LogP contribution in [0.1, 0.15) is 105 Å². The number of cyclic esters (lactones) is 1. The second-order valence-electron chi connectivity index (χ2n) is 23.8. The van der Waals surface area contributed by atoms with Crippen LogP contribution >= 0.6 is 0 Å². The minimum Gasteiger partial charge on any atom is -0.458 e. The van der Waals surface area contributed by atoms with Gasteiger partial charge in [-0.3, -0.25) is 48.1 Å². The molecule has 1 saturated heterocycles. The number of carbonyl (C=O) groups is 9. The number of carbonyl (C=O) groups excluding carboxylic acids is 9. The van der Waals surface area contributed by atoms with Crippen molar-refractivity contribution >= 4 is 64.1 Å². The Morgan fingerprint density at radius 3 is 1.78 bits per heavy atom. The van der Waals surface area contributed by atoms with Crippen molar-refractivity contribution in [3.63, 3.8) is 0 Å². The van der Waals surface area contributed by atoms with E-state index in [4.69, 9.17) is 52.4 Å². The molecular formula is C64H88FN9O21. The van der Waals surface area contributed by atoms with Gasteiger partial charge in [0.15, 0.2) is 5.60 Å². The molecule has 2 fully saturated rings. The lowest BCUT2D eigenvalue weighted by molar-refractivity contribution is -0.172. The number of hydrogen-bond donors (Lipinski definition) is 7. The van der Waals surface area contributed by atoms with Crippen LogP contribution in [0.4, 0.5) is 4.39 Å². The predicted octanol–water partition coefficient (Wildman–Crippen LogP) is -0.336. The van der Waals surface area contributed by atoms with Crippen LogP contribution in [0.25, 0.3) is 22.3 Å². The molecule has 3 atom stereocenters. The number of imide groups is 1.